The lowest BCUT2D eigenvalue weighted by molar-refractivity contribution is -0.122. The fourth-order valence-corrected chi connectivity index (χ4v) is 2.25. The van der Waals surface area contributed by atoms with Crippen LogP contribution in [0.5, 0.6) is 0 Å². The van der Waals surface area contributed by atoms with Gasteiger partial charge in [-0.2, -0.15) is 0 Å². The molecule has 0 bridgehead atoms. The number of likely N-dealkylation sites (tertiary alicyclic amines) is 1. The minimum absolute atomic E-state index is 0.0370. The van der Waals surface area contributed by atoms with Crippen LogP contribution in [-0.2, 0) is 4.79 Å². The number of benzene rings is 1. The molecule has 1 heterocycles. The smallest absolute Gasteiger partial charge is 0.321 e. The molecule has 4 nitrogen and oxygen atoms in total. The Balaban J connectivity index is 2.02. The van der Waals surface area contributed by atoms with Crippen LogP contribution in [0.25, 0.3) is 0 Å². The van der Waals surface area contributed by atoms with Crippen LogP contribution in [0.3, 0.4) is 0 Å². The number of para-hydroxylation sites is 1. The van der Waals surface area contributed by atoms with Crippen LogP contribution in [0.15, 0.2) is 30.3 Å². The summed E-state index contributed by atoms with van der Waals surface area (Å²) in [6.07, 6.45) is 1.77. The zero-order valence-electron chi connectivity index (χ0n) is 10.6. The summed E-state index contributed by atoms with van der Waals surface area (Å²) in [5.41, 5.74) is 0.786. The van der Waals surface area contributed by atoms with E-state index >= 15 is 0 Å². The van der Waals surface area contributed by atoms with Crippen molar-refractivity contribution in [2.75, 3.05) is 11.9 Å². The highest BCUT2D eigenvalue weighted by Gasteiger charge is 2.29. The van der Waals surface area contributed by atoms with Gasteiger partial charge in [0, 0.05) is 31.1 Å². The van der Waals surface area contributed by atoms with Crippen molar-refractivity contribution < 1.29 is 9.59 Å². The second-order valence-electron chi connectivity index (χ2n) is 4.54. The van der Waals surface area contributed by atoms with Crippen molar-refractivity contribution in [1.82, 2.24) is 4.90 Å². The largest absolute Gasteiger partial charge is 0.322 e. The van der Waals surface area contributed by atoms with Crippen LogP contribution < -0.4 is 5.32 Å². The summed E-state index contributed by atoms with van der Waals surface area (Å²) in [4.78, 5) is 25.3. The minimum Gasteiger partial charge on any atom is -0.321 e. The lowest BCUT2D eigenvalue weighted by atomic mass is 9.99. The number of ketones is 1. The first-order valence-corrected chi connectivity index (χ1v) is 6.35. The number of urea groups is 1. The Morgan fingerprint density at radius 1 is 1.39 bits per heavy atom. The van der Waals surface area contributed by atoms with Crippen LogP contribution >= 0.6 is 0 Å². The first-order chi connectivity index (χ1) is 8.70. The summed E-state index contributed by atoms with van der Waals surface area (Å²) in [6, 6.07) is 9.31. The number of nitrogens with zero attached hydrogens (tertiary/aromatic N) is 1. The fraction of sp³-hybridized carbons (Fsp3) is 0.429. The van der Waals surface area contributed by atoms with E-state index in [0.29, 0.717) is 19.4 Å². The van der Waals surface area contributed by atoms with E-state index in [-0.39, 0.29) is 17.9 Å². The van der Waals surface area contributed by atoms with E-state index in [1.165, 1.54) is 0 Å². The maximum atomic E-state index is 12.1. The van der Waals surface area contributed by atoms with Gasteiger partial charge in [0.1, 0.15) is 5.78 Å². The van der Waals surface area contributed by atoms with Crippen molar-refractivity contribution in [2.24, 2.45) is 0 Å². The van der Waals surface area contributed by atoms with Crippen LogP contribution in [0.4, 0.5) is 10.5 Å². The molecule has 0 radical (unpaired) electrons. The standard InChI is InChI=1S/C14H18N2O2/c1-2-12-10-13(17)8-9-16(12)14(18)15-11-6-4-3-5-7-11/h3-7,12H,2,8-10H2,1H3,(H,15,18). The van der Waals surface area contributed by atoms with Gasteiger partial charge >= 0.3 is 6.03 Å². The Bertz CT molecular complexity index is 431. The molecule has 1 atom stereocenters. The Morgan fingerprint density at radius 2 is 2.11 bits per heavy atom. The zero-order chi connectivity index (χ0) is 13.0. The van der Waals surface area contributed by atoms with Crippen molar-refractivity contribution in [2.45, 2.75) is 32.2 Å². The van der Waals surface area contributed by atoms with Gasteiger partial charge in [0.25, 0.3) is 0 Å². The van der Waals surface area contributed by atoms with Gasteiger partial charge in [0.05, 0.1) is 0 Å². The maximum Gasteiger partial charge on any atom is 0.322 e. The van der Waals surface area contributed by atoms with Crippen LogP contribution in [0, 0.1) is 0 Å². The summed E-state index contributed by atoms with van der Waals surface area (Å²) in [6.45, 7) is 2.53. The normalized spacial score (nSPS) is 19.7. The molecule has 1 aromatic rings. The zero-order valence-corrected chi connectivity index (χ0v) is 10.6. The minimum atomic E-state index is -0.111. The number of nitrogens with one attached hydrogen (secondary N) is 1. The van der Waals surface area contributed by atoms with E-state index in [2.05, 4.69) is 5.32 Å². The van der Waals surface area contributed by atoms with Crippen molar-refractivity contribution in [3.63, 3.8) is 0 Å². The molecule has 0 saturated carbocycles. The summed E-state index contributed by atoms with van der Waals surface area (Å²) in [5.74, 6) is 0.255. The molecular formula is C14H18N2O2. The van der Waals surface area contributed by atoms with Gasteiger partial charge in [-0.05, 0) is 18.6 Å². The Morgan fingerprint density at radius 3 is 2.78 bits per heavy atom. The first kappa shape index (κ1) is 12.6. The third-order valence-corrected chi connectivity index (χ3v) is 3.29. The van der Waals surface area contributed by atoms with Gasteiger partial charge in [-0.3, -0.25) is 4.79 Å². The first-order valence-electron chi connectivity index (χ1n) is 6.35. The molecule has 4 heteroatoms. The van der Waals surface area contributed by atoms with Gasteiger partial charge in [0.15, 0.2) is 0 Å². The molecule has 1 fully saturated rings. The summed E-state index contributed by atoms with van der Waals surface area (Å²) < 4.78 is 0. The van der Waals surface area contributed by atoms with Crippen molar-refractivity contribution in [1.29, 1.82) is 0 Å². The number of hydrogen-bond donors (Lipinski definition) is 1. The SMILES string of the molecule is CCC1CC(=O)CCN1C(=O)Nc1ccccc1. The molecule has 1 unspecified atom stereocenters. The average Bonchev–Trinajstić information content (AvgIpc) is 2.39. The molecule has 1 aliphatic heterocycles. The van der Waals surface area contributed by atoms with Gasteiger partial charge in [-0.15, -0.1) is 0 Å². The highest BCUT2D eigenvalue weighted by Crippen LogP contribution is 2.18. The molecule has 0 spiro atoms. The number of piperidine rings is 1. The van der Waals surface area contributed by atoms with Gasteiger partial charge < -0.3 is 10.2 Å². The number of Topliss-reactive ketones (excluding diaryl/α,β-unsaturated/α-hetero) is 1. The molecule has 1 aromatic carbocycles. The number of carbonyl (C=O) groups is 2. The van der Waals surface area contributed by atoms with Crippen LogP contribution in [-0.4, -0.2) is 29.3 Å². The molecule has 0 aliphatic carbocycles. The molecule has 2 amide bonds. The lowest BCUT2D eigenvalue weighted by Gasteiger charge is -2.34. The average molecular weight is 246 g/mol. The van der Waals surface area contributed by atoms with E-state index in [0.717, 1.165) is 12.1 Å². The molecule has 1 saturated heterocycles. The van der Waals surface area contributed by atoms with Crippen molar-refractivity contribution in [3.05, 3.63) is 30.3 Å². The molecule has 1 N–H and O–H groups in total. The number of anilines is 1. The second kappa shape index (κ2) is 5.67. The predicted molar refractivity (Wildman–Crippen MR) is 70.5 cm³/mol. The molecule has 1 aliphatic rings. The fourth-order valence-electron chi connectivity index (χ4n) is 2.25. The highest BCUT2D eigenvalue weighted by molar-refractivity contribution is 5.91. The number of amides is 2. The quantitative estimate of drug-likeness (QED) is 0.872. The Labute approximate surface area is 107 Å². The van der Waals surface area contributed by atoms with Gasteiger partial charge in [0.2, 0.25) is 0 Å². The molecule has 0 aromatic heterocycles. The summed E-state index contributed by atoms with van der Waals surface area (Å²) in [5, 5.41) is 2.87. The molecular weight excluding hydrogens is 228 g/mol. The van der Waals surface area contributed by atoms with Gasteiger partial charge in [-0.25, -0.2) is 4.79 Å². The van der Waals surface area contributed by atoms with Gasteiger partial charge in [-0.1, -0.05) is 25.1 Å². The van der Waals surface area contributed by atoms with E-state index < -0.39 is 0 Å². The monoisotopic (exact) mass is 246 g/mol. The predicted octanol–water partition coefficient (Wildman–Crippen LogP) is 2.66. The van der Waals surface area contributed by atoms with E-state index in [9.17, 15) is 9.59 Å². The summed E-state index contributed by atoms with van der Waals surface area (Å²) >= 11 is 0. The van der Waals surface area contributed by atoms with Crippen molar-refractivity contribution >= 4 is 17.5 Å². The Kier molecular flexibility index (Phi) is 3.97. The maximum absolute atomic E-state index is 12.1. The molecule has 2 rings (SSSR count). The van der Waals surface area contributed by atoms with Crippen LogP contribution in [0.2, 0.25) is 0 Å². The van der Waals surface area contributed by atoms with E-state index in [1.807, 2.05) is 37.3 Å². The Hall–Kier alpha value is -1.84. The molecule has 18 heavy (non-hydrogen) atoms. The lowest BCUT2D eigenvalue weighted by Crippen LogP contribution is -2.47. The number of rotatable bonds is 2. The van der Waals surface area contributed by atoms with Crippen molar-refractivity contribution in [3.8, 4) is 0 Å². The van der Waals surface area contributed by atoms with E-state index in [4.69, 9.17) is 0 Å². The summed E-state index contributed by atoms with van der Waals surface area (Å²) in [7, 11) is 0. The third kappa shape index (κ3) is 2.88. The number of hydrogen-bond acceptors (Lipinski definition) is 2. The highest BCUT2D eigenvalue weighted by atomic mass is 16.2. The van der Waals surface area contributed by atoms with Crippen LogP contribution in [0.1, 0.15) is 26.2 Å². The third-order valence-electron chi connectivity index (χ3n) is 3.29. The molecule has 96 valence electrons. The number of carbonyl (C=O) groups excluding carboxylic acids is 2. The second-order valence-corrected chi connectivity index (χ2v) is 4.54. The van der Waals surface area contributed by atoms with E-state index in [1.54, 1.807) is 4.90 Å². The topological polar surface area (TPSA) is 49.4 Å².